The third-order valence-electron chi connectivity index (χ3n) is 2.25. The monoisotopic (exact) mass is 191 g/mol. The van der Waals surface area contributed by atoms with Gasteiger partial charge in [-0.2, -0.15) is 0 Å². The predicted molar refractivity (Wildman–Crippen MR) is 53.7 cm³/mol. The average Bonchev–Trinajstić information content (AvgIpc) is 2.23. The van der Waals surface area contributed by atoms with Crippen LogP contribution in [0.3, 0.4) is 0 Å². The van der Waals surface area contributed by atoms with Crippen molar-refractivity contribution in [3.05, 3.63) is 23.9 Å². The first-order valence-corrected chi connectivity index (χ1v) is 4.83. The summed E-state index contributed by atoms with van der Waals surface area (Å²) < 4.78 is 0. The minimum atomic E-state index is 0.0954. The molecular formula is C10H13N3O. The molecule has 2 heterocycles. The lowest BCUT2D eigenvalue weighted by Gasteiger charge is -2.27. The fourth-order valence-electron chi connectivity index (χ4n) is 1.62. The summed E-state index contributed by atoms with van der Waals surface area (Å²) in [6.45, 7) is 2.69. The first-order chi connectivity index (χ1) is 6.83. The zero-order valence-electron chi connectivity index (χ0n) is 8.16. The van der Waals surface area contributed by atoms with Crippen molar-refractivity contribution in [1.29, 1.82) is 0 Å². The largest absolute Gasteiger partial charge is 0.273 e. The number of amides is 1. The van der Waals surface area contributed by atoms with E-state index in [1.54, 1.807) is 11.2 Å². The van der Waals surface area contributed by atoms with Gasteiger partial charge < -0.3 is 0 Å². The molecule has 4 heteroatoms. The smallest absolute Gasteiger partial charge is 0.243 e. The van der Waals surface area contributed by atoms with E-state index in [0.717, 1.165) is 24.3 Å². The Bertz CT molecular complexity index is 351. The number of nitrogens with zero attached hydrogens (tertiary/aromatic N) is 2. The molecule has 1 aromatic rings. The van der Waals surface area contributed by atoms with Gasteiger partial charge in [-0.25, -0.2) is 15.4 Å². The molecule has 0 saturated carbocycles. The normalized spacial score (nSPS) is 15.5. The summed E-state index contributed by atoms with van der Waals surface area (Å²) in [6, 6.07) is 3.91. The van der Waals surface area contributed by atoms with Gasteiger partial charge in [0.1, 0.15) is 0 Å². The van der Waals surface area contributed by atoms with Gasteiger partial charge in [0.05, 0.1) is 0 Å². The number of pyridine rings is 1. The van der Waals surface area contributed by atoms with Crippen molar-refractivity contribution in [2.24, 2.45) is 0 Å². The van der Waals surface area contributed by atoms with Crippen molar-refractivity contribution < 1.29 is 4.79 Å². The molecule has 4 nitrogen and oxygen atoms in total. The highest BCUT2D eigenvalue weighted by Gasteiger charge is 2.24. The molecule has 14 heavy (non-hydrogen) atoms. The number of hydrogen-bond acceptors (Lipinski definition) is 3. The number of aryl methyl sites for hydroxylation is 1. The van der Waals surface area contributed by atoms with Crippen molar-refractivity contribution in [2.75, 3.05) is 11.6 Å². The quantitative estimate of drug-likeness (QED) is 0.755. The molecule has 0 fully saturated rings. The molecular weight excluding hydrogens is 178 g/mol. The molecule has 1 N–H and O–H groups in total. The second-order valence-corrected chi connectivity index (χ2v) is 3.23. The van der Waals surface area contributed by atoms with E-state index in [1.807, 2.05) is 19.1 Å². The number of fused-ring (bicyclic) bond motifs is 1. The average molecular weight is 191 g/mol. The maximum atomic E-state index is 11.6. The summed E-state index contributed by atoms with van der Waals surface area (Å²) in [5, 5.41) is 1.55. The summed E-state index contributed by atoms with van der Waals surface area (Å²) in [7, 11) is 0. The van der Waals surface area contributed by atoms with Crippen molar-refractivity contribution >= 4 is 11.7 Å². The number of carbonyl (C=O) groups excluding carboxylic acids is 1. The van der Waals surface area contributed by atoms with Gasteiger partial charge in [-0.15, -0.1) is 0 Å². The Kier molecular flexibility index (Phi) is 2.45. The van der Waals surface area contributed by atoms with Crippen LogP contribution in [0.5, 0.6) is 0 Å². The molecule has 0 atom stereocenters. The van der Waals surface area contributed by atoms with E-state index in [0.29, 0.717) is 6.42 Å². The van der Waals surface area contributed by atoms with Crippen LogP contribution in [-0.4, -0.2) is 17.4 Å². The van der Waals surface area contributed by atoms with Crippen molar-refractivity contribution in [1.82, 2.24) is 10.4 Å². The Labute approximate surface area is 82.9 Å². The highest BCUT2D eigenvalue weighted by Crippen LogP contribution is 2.22. The predicted octanol–water partition coefficient (Wildman–Crippen LogP) is 0.885. The fraction of sp³-hybridized carbons (Fsp3) is 0.400. The molecule has 0 spiro atoms. The van der Waals surface area contributed by atoms with Gasteiger partial charge in [0.15, 0.2) is 5.82 Å². The van der Waals surface area contributed by atoms with Gasteiger partial charge in [0.25, 0.3) is 0 Å². The van der Waals surface area contributed by atoms with Gasteiger partial charge in [0, 0.05) is 19.2 Å². The summed E-state index contributed by atoms with van der Waals surface area (Å²) in [6.07, 6.45) is 3.07. The van der Waals surface area contributed by atoms with Crippen molar-refractivity contribution in [3.63, 3.8) is 0 Å². The maximum absolute atomic E-state index is 11.6. The summed E-state index contributed by atoms with van der Waals surface area (Å²) in [5.74, 6) is 0.851. The highest BCUT2D eigenvalue weighted by atomic mass is 16.2. The number of carbonyl (C=O) groups is 1. The molecule has 1 aliphatic rings. The molecule has 0 radical (unpaired) electrons. The zero-order chi connectivity index (χ0) is 9.97. The molecule has 1 aliphatic heterocycles. The van der Waals surface area contributed by atoms with Crippen molar-refractivity contribution in [3.8, 4) is 0 Å². The molecule has 1 aromatic heterocycles. The van der Waals surface area contributed by atoms with Gasteiger partial charge in [-0.3, -0.25) is 4.79 Å². The number of hydrogen-bond donors (Lipinski definition) is 1. The summed E-state index contributed by atoms with van der Waals surface area (Å²) in [4.78, 5) is 15.8. The zero-order valence-corrected chi connectivity index (χ0v) is 8.16. The van der Waals surface area contributed by atoms with Gasteiger partial charge in [-0.1, -0.05) is 13.0 Å². The van der Waals surface area contributed by atoms with Gasteiger partial charge in [0.2, 0.25) is 5.91 Å². The SMILES string of the molecule is CCNN1C(=O)CCc2cccnc21. The number of aromatic nitrogens is 1. The molecule has 0 bridgehead atoms. The maximum Gasteiger partial charge on any atom is 0.243 e. The lowest BCUT2D eigenvalue weighted by molar-refractivity contribution is -0.119. The van der Waals surface area contributed by atoms with Crippen LogP contribution in [0.15, 0.2) is 18.3 Å². The second-order valence-electron chi connectivity index (χ2n) is 3.23. The lowest BCUT2D eigenvalue weighted by atomic mass is 10.1. The highest BCUT2D eigenvalue weighted by molar-refractivity contribution is 5.94. The van der Waals surface area contributed by atoms with Crippen LogP contribution in [0.25, 0.3) is 0 Å². The first kappa shape index (κ1) is 9.15. The van der Waals surface area contributed by atoms with Crippen LogP contribution >= 0.6 is 0 Å². The van der Waals surface area contributed by atoms with E-state index in [4.69, 9.17) is 0 Å². The Hall–Kier alpha value is -1.42. The van der Waals surface area contributed by atoms with Gasteiger partial charge in [-0.05, 0) is 18.1 Å². The number of rotatable bonds is 2. The molecule has 1 amide bonds. The van der Waals surface area contributed by atoms with Crippen molar-refractivity contribution in [2.45, 2.75) is 19.8 Å². The van der Waals surface area contributed by atoms with Gasteiger partial charge >= 0.3 is 0 Å². The second kappa shape index (κ2) is 3.75. The lowest BCUT2D eigenvalue weighted by Crippen LogP contribution is -2.46. The van der Waals surface area contributed by atoms with E-state index in [9.17, 15) is 4.79 Å². The first-order valence-electron chi connectivity index (χ1n) is 4.83. The van der Waals surface area contributed by atoms with Crippen LogP contribution in [0.2, 0.25) is 0 Å². The van der Waals surface area contributed by atoms with E-state index in [1.165, 1.54) is 0 Å². The third-order valence-corrected chi connectivity index (χ3v) is 2.25. The topological polar surface area (TPSA) is 45.2 Å². The van der Waals surface area contributed by atoms with Crippen LogP contribution in [0, 0.1) is 0 Å². The van der Waals surface area contributed by atoms with Crippen LogP contribution in [0.1, 0.15) is 18.9 Å². The van der Waals surface area contributed by atoms with Crippen LogP contribution < -0.4 is 10.4 Å². The third kappa shape index (κ3) is 1.48. The Morgan fingerprint density at radius 3 is 3.21 bits per heavy atom. The molecule has 0 unspecified atom stereocenters. The van der Waals surface area contributed by atoms with E-state index < -0.39 is 0 Å². The standard InChI is InChI=1S/C10H13N3O/c1-2-12-13-9(14)6-5-8-4-3-7-11-10(8)13/h3-4,7,12H,2,5-6H2,1H3. The summed E-state index contributed by atoms with van der Waals surface area (Å²) >= 11 is 0. The Morgan fingerprint density at radius 2 is 2.43 bits per heavy atom. The number of anilines is 1. The van der Waals surface area contributed by atoms with Crippen LogP contribution in [0.4, 0.5) is 5.82 Å². The Morgan fingerprint density at radius 1 is 1.57 bits per heavy atom. The number of nitrogens with one attached hydrogen (secondary N) is 1. The molecule has 0 aromatic carbocycles. The molecule has 0 saturated heterocycles. The molecule has 2 rings (SSSR count). The minimum Gasteiger partial charge on any atom is -0.273 e. The number of hydrazine groups is 1. The summed E-state index contributed by atoms with van der Waals surface area (Å²) in [5.41, 5.74) is 4.14. The molecule has 74 valence electrons. The van der Waals surface area contributed by atoms with E-state index in [2.05, 4.69) is 10.4 Å². The van der Waals surface area contributed by atoms with Crippen LogP contribution in [-0.2, 0) is 11.2 Å². The van der Waals surface area contributed by atoms with E-state index >= 15 is 0 Å². The molecule has 0 aliphatic carbocycles. The fourth-order valence-corrected chi connectivity index (χ4v) is 1.62. The van der Waals surface area contributed by atoms with E-state index in [-0.39, 0.29) is 5.91 Å². The Balaban J connectivity index is 2.36. The minimum absolute atomic E-state index is 0.0954.